The minimum atomic E-state index is 0.0884. The maximum atomic E-state index is 11.8. The standard InChI is InChI=1S/C12H18N2O2S/c1-9-6-13-12(17-9)10-4-3-5-14(7-10)11(15)8-16-2/h6,10H,3-5,7-8H2,1-2H3/t10-/m1/s1. The van der Waals surface area contributed by atoms with E-state index in [1.54, 1.807) is 18.4 Å². The highest BCUT2D eigenvalue weighted by molar-refractivity contribution is 7.11. The van der Waals surface area contributed by atoms with Crippen LogP contribution in [0.4, 0.5) is 0 Å². The van der Waals surface area contributed by atoms with Crippen molar-refractivity contribution in [1.29, 1.82) is 0 Å². The Labute approximate surface area is 106 Å². The van der Waals surface area contributed by atoms with Crippen molar-refractivity contribution in [3.8, 4) is 0 Å². The predicted octanol–water partition coefficient (Wildman–Crippen LogP) is 1.80. The van der Waals surface area contributed by atoms with Crippen LogP contribution in [-0.2, 0) is 9.53 Å². The van der Waals surface area contributed by atoms with E-state index in [2.05, 4.69) is 11.9 Å². The van der Waals surface area contributed by atoms with Crippen LogP contribution in [0, 0.1) is 6.92 Å². The molecule has 0 unspecified atom stereocenters. The fourth-order valence-electron chi connectivity index (χ4n) is 2.18. The summed E-state index contributed by atoms with van der Waals surface area (Å²) >= 11 is 1.74. The van der Waals surface area contributed by atoms with Gasteiger partial charge in [0.05, 0.1) is 5.01 Å². The number of methoxy groups -OCH3 is 1. The van der Waals surface area contributed by atoms with Gasteiger partial charge in [0.25, 0.3) is 0 Å². The van der Waals surface area contributed by atoms with Gasteiger partial charge in [-0.2, -0.15) is 0 Å². The molecule has 1 aromatic heterocycles. The molecule has 1 aliphatic heterocycles. The summed E-state index contributed by atoms with van der Waals surface area (Å²) in [6.45, 7) is 3.89. The van der Waals surface area contributed by atoms with Crippen LogP contribution in [0.25, 0.3) is 0 Å². The smallest absolute Gasteiger partial charge is 0.248 e. The lowest BCUT2D eigenvalue weighted by Gasteiger charge is -2.31. The van der Waals surface area contributed by atoms with Crippen LogP contribution in [0.3, 0.4) is 0 Å². The van der Waals surface area contributed by atoms with Gasteiger partial charge in [0.15, 0.2) is 0 Å². The molecule has 94 valence electrons. The lowest BCUT2D eigenvalue weighted by molar-refractivity contribution is -0.136. The van der Waals surface area contributed by atoms with Gasteiger partial charge in [0.2, 0.25) is 5.91 Å². The van der Waals surface area contributed by atoms with E-state index in [1.165, 1.54) is 4.88 Å². The molecular weight excluding hydrogens is 236 g/mol. The first-order valence-electron chi connectivity index (χ1n) is 5.89. The number of aryl methyl sites for hydroxylation is 1. The molecule has 1 aliphatic rings. The van der Waals surface area contributed by atoms with Gasteiger partial charge in [-0.3, -0.25) is 4.79 Å². The Bertz CT molecular complexity index is 392. The number of amides is 1. The Balaban J connectivity index is 1.99. The SMILES string of the molecule is COCC(=O)N1CCC[C@@H](c2ncc(C)s2)C1. The highest BCUT2D eigenvalue weighted by atomic mass is 32.1. The number of carbonyl (C=O) groups is 1. The summed E-state index contributed by atoms with van der Waals surface area (Å²) in [7, 11) is 1.56. The van der Waals surface area contributed by atoms with E-state index in [0.29, 0.717) is 5.92 Å². The van der Waals surface area contributed by atoms with Crippen molar-refractivity contribution in [3.63, 3.8) is 0 Å². The van der Waals surface area contributed by atoms with Crippen LogP contribution in [0.5, 0.6) is 0 Å². The van der Waals surface area contributed by atoms with Gasteiger partial charge in [0.1, 0.15) is 6.61 Å². The summed E-state index contributed by atoms with van der Waals surface area (Å²) in [5.41, 5.74) is 0. The Morgan fingerprint density at radius 2 is 2.53 bits per heavy atom. The molecular formula is C12H18N2O2S. The second kappa shape index (κ2) is 5.60. The van der Waals surface area contributed by atoms with Gasteiger partial charge in [0, 0.05) is 37.2 Å². The van der Waals surface area contributed by atoms with Crippen molar-refractivity contribution in [3.05, 3.63) is 16.1 Å². The highest BCUT2D eigenvalue weighted by Crippen LogP contribution is 2.29. The Morgan fingerprint density at radius 1 is 1.71 bits per heavy atom. The van der Waals surface area contributed by atoms with Crippen molar-refractivity contribution in [2.75, 3.05) is 26.8 Å². The third-order valence-corrected chi connectivity index (χ3v) is 4.11. The van der Waals surface area contributed by atoms with Gasteiger partial charge in [-0.05, 0) is 19.8 Å². The van der Waals surface area contributed by atoms with E-state index in [-0.39, 0.29) is 12.5 Å². The molecule has 0 bridgehead atoms. The lowest BCUT2D eigenvalue weighted by Crippen LogP contribution is -2.40. The van der Waals surface area contributed by atoms with Crippen molar-refractivity contribution < 1.29 is 9.53 Å². The molecule has 1 aromatic rings. The van der Waals surface area contributed by atoms with E-state index in [0.717, 1.165) is 30.9 Å². The maximum Gasteiger partial charge on any atom is 0.248 e. The molecule has 0 saturated carbocycles. The quantitative estimate of drug-likeness (QED) is 0.826. The zero-order valence-corrected chi connectivity index (χ0v) is 11.1. The Morgan fingerprint density at radius 3 is 3.18 bits per heavy atom. The molecule has 1 amide bonds. The summed E-state index contributed by atoms with van der Waals surface area (Å²) in [6.07, 6.45) is 4.10. The summed E-state index contributed by atoms with van der Waals surface area (Å²) in [4.78, 5) is 19.3. The second-order valence-corrected chi connectivity index (χ2v) is 5.69. The van der Waals surface area contributed by atoms with E-state index >= 15 is 0 Å². The first kappa shape index (κ1) is 12.5. The number of carbonyl (C=O) groups excluding carboxylic acids is 1. The maximum absolute atomic E-state index is 11.8. The third kappa shape index (κ3) is 3.04. The first-order chi connectivity index (χ1) is 8.20. The second-order valence-electron chi connectivity index (χ2n) is 4.42. The minimum Gasteiger partial charge on any atom is -0.375 e. The summed E-state index contributed by atoms with van der Waals surface area (Å²) in [5, 5.41) is 1.16. The predicted molar refractivity (Wildman–Crippen MR) is 67.3 cm³/mol. The number of aromatic nitrogens is 1. The molecule has 0 aromatic carbocycles. The number of piperidine rings is 1. The zero-order valence-electron chi connectivity index (χ0n) is 10.3. The molecule has 0 N–H and O–H groups in total. The fraction of sp³-hybridized carbons (Fsp3) is 0.667. The van der Waals surface area contributed by atoms with Crippen LogP contribution in [0.15, 0.2) is 6.20 Å². The Hall–Kier alpha value is -0.940. The minimum absolute atomic E-state index is 0.0884. The van der Waals surface area contributed by atoms with E-state index in [1.807, 2.05) is 11.1 Å². The molecule has 1 atom stereocenters. The van der Waals surface area contributed by atoms with Gasteiger partial charge in [-0.25, -0.2) is 4.98 Å². The van der Waals surface area contributed by atoms with Gasteiger partial charge >= 0.3 is 0 Å². The lowest BCUT2D eigenvalue weighted by atomic mass is 9.99. The van der Waals surface area contributed by atoms with Crippen LogP contribution < -0.4 is 0 Å². The Kier molecular flexibility index (Phi) is 4.12. The molecule has 0 aliphatic carbocycles. The van der Waals surface area contributed by atoms with E-state index < -0.39 is 0 Å². The molecule has 2 heterocycles. The van der Waals surface area contributed by atoms with E-state index in [4.69, 9.17) is 4.74 Å². The van der Waals surface area contributed by atoms with Crippen LogP contribution in [-0.4, -0.2) is 42.6 Å². The number of rotatable bonds is 3. The zero-order chi connectivity index (χ0) is 12.3. The van der Waals surface area contributed by atoms with Crippen LogP contribution in [0.1, 0.15) is 28.6 Å². The fourth-order valence-corrected chi connectivity index (χ4v) is 3.08. The molecule has 17 heavy (non-hydrogen) atoms. The molecule has 1 fully saturated rings. The van der Waals surface area contributed by atoms with Crippen molar-refractivity contribution in [2.24, 2.45) is 0 Å². The largest absolute Gasteiger partial charge is 0.375 e. The van der Waals surface area contributed by atoms with Crippen LogP contribution in [0.2, 0.25) is 0 Å². The first-order valence-corrected chi connectivity index (χ1v) is 6.71. The normalized spacial score (nSPS) is 20.6. The summed E-state index contributed by atoms with van der Waals surface area (Å²) < 4.78 is 4.90. The summed E-state index contributed by atoms with van der Waals surface area (Å²) in [5.74, 6) is 0.494. The van der Waals surface area contributed by atoms with Crippen LogP contribution >= 0.6 is 11.3 Å². The molecule has 4 nitrogen and oxygen atoms in total. The van der Waals surface area contributed by atoms with Crippen molar-refractivity contribution >= 4 is 17.2 Å². The third-order valence-electron chi connectivity index (χ3n) is 3.03. The number of hydrogen-bond acceptors (Lipinski definition) is 4. The summed E-state index contributed by atoms with van der Waals surface area (Å²) in [6, 6.07) is 0. The van der Waals surface area contributed by atoms with Gasteiger partial charge < -0.3 is 9.64 Å². The average molecular weight is 254 g/mol. The molecule has 1 saturated heterocycles. The average Bonchev–Trinajstić information content (AvgIpc) is 2.76. The molecule has 0 spiro atoms. The van der Waals surface area contributed by atoms with Crippen molar-refractivity contribution in [1.82, 2.24) is 9.88 Å². The van der Waals surface area contributed by atoms with E-state index in [9.17, 15) is 4.79 Å². The molecule has 0 radical (unpaired) electrons. The number of ether oxygens (including phenoxy) is 1. The van der Waals surface area contributed by atoms with Crippen molar-refractivity contribution in [2.45, 2.75) is 25.7 Å². The topological polar surface area (TPSA) is 42.4 Å². The van der Waals surface area contributed by atoms with Gasteiger partial charge in [-0.1, -0.05) is 0 Å². The molecule has 2 rings (SSSR count). The number of likely N-dealkylation sites (tertiary alicyclic amines) is 1. The number of nitrogens with zero attached hydrogens (tertiary/aromatic N) is 2. The number of thiazole rings is 1. The highest BCUT2D eigenvalue weighted by Gasteiger charge is 2.26. The number of hydrogen-bond donors (Lipinski definition) is 0. The molecule has 5 heteroatoms. The van der Waals surface area contributed by atoms with Gasteiger partial charge in [-0.15, -0.1) is 11.3 Å². The monoisotopic (exact) mass is 254 g/mol.